The number of amides is 1. The minimum atomic E-state index is -4.50. The second-order valence-electron chi connectivity index (χ2n) is 4.85. The van der Waals surface area contributed by atoms with E-state index in [4.69, 9.17) is 16.3 Å². The van der Waals surface area contributed by atoms with E-state index in [0.29, 0.717) is 13.2 Å². The van der Waals surface area contributed by atoms with Gasteiger partial charge in [-0.05, 0) is 18.2 Å². The number of hydrogen-bond acceptors (Lipinski definition) is 5. The van der Waals surface area contributed by atoms with Crippen LogP contribution in [0.25, 0.3) is 0 Å². The third kappa shape index (κ3) is 5.30. The number of alkyl halides is 3. The van der Waals surface area contributed by atoms with Crippen LogP contribution in [-0.4, -0.2) is 36.1 Å². The zero-order valence-electron chi connectivity index (χ0n) is 13.0. The summed E-state index contributed by atoms with van der Waals surface area (Å²) in [6.07, 6.45) is -3.38. The van der Waals surface area contributed by atoms with Crippen molar-refractivity contribution in [1.82, 2.24) is 15.3 Å². The van der Waals surface area contributed by atoms with Crippen LogP contribution in [0.2, 0.25) is 5.02 Å². The van der Waals surface area contributed by atoms with Crippen LogP contribution in [0.5, 0.6) is 0 Å². The summed E-state index contributed by atoms with van der Waals surface area (Å²) >= 11 is 5.92. The van der Waals surface area contributed by atoms with Gasteiger partial charge in [0.1, 0.15) is 17.8 Å². The number of anilines is 2. The molecule has 1 aromatic carbocycles. The van der Waals surface area contributed by atoms with Gasteiger partial charge in [-0.15, -0.1) is 0 Å². The zero-order valence-corrected chi connectivity index (χ0v) is 13.8. The van der Waals surface area contributed by atoms with E-state index in [1.54, 1.807) is 0 Å². The number of aromatic nitrogens is 2. The van der Waals surface area contributed by atoms with Gasteiger partial charge in [0.15, 0.2) is 0 Å². The molecular formula is C15H14ClF3N4O2. The van der Waals surface area contributed by atoms with Gasteiger partial charge in [-0.2, -0.15) is 13.2 Å². The molecule has 0 saturated carbocycles. The summed E-state index contributed by atoms with van der Waals surface area (Å²) in [6, 6.07) is 4.18. The molecule has 0 radical (unpaired) electrons. The third-order valence-electron chi connectivity index (χ3n) is 3.05. The number of ether oxygens (including phenoxy) is 1. The summed E-state index contributed by atoms with van der Waals surface area (Å²) in [7, 11) is 1.50. The van der Waals surface area contributed by atoms with Crippen LogP contribution in [-0.2, 0) is 10.9 Å². The first-order valence-corrected chi connectivity index (χ1v) is 7.42. The second kappa shape index (κ2) is 8.13. The average Bonchev–Trinajstić information content (AvgIpc) is 2.56. The molecule has 1 amide bonds. The van der Waals surface area contributed by atoms with E-state index in [-0.39, 0.29) is 22.2 Å². The first-order valence-electron chi connectivity index (χ1n) is 7.04. The van der Waals surface area contributed by atoms with Crippen LogP contribution < -0.4 is 10.6 Å². The Morgan fingerprint density at radius 1 is 1.28 bits per heavy atom. The highest BCUT2D eigenvalue weighted by Crippen LogP contribution is 2.34. The van der Waals surface area contributed by atoms with Gasteiger partial charge < -0.3 is 15.4 Å². The number of methoxy groups -OCH3 is 1. The van der Waals surface area contributed by atoms with E-state index in [1.165, 1.54) is 13.2 Å². The van der Waals surface area contributed by atoms with E-state index in [1.807, 2.05) is 0 Å². The quantitative estimate of drug-likeness (QED) is 0.759. The molecule has 0 bridgehead atoms. The molecule has 0 aliphatic rings. The Hall–Kier alpha value is -2.39. The Labute approximate surface area is 146 Å². The number of hydrogen-bond donors (Lipinski definition) is 2. The van der Waals surface area contributed by atoms with Crippen LogP contribution in [0, 0.1) is 0 Å². The number of carbonyl (C=O) groups is 1. The molecule has 134 valence electrons. The van der Waals surface area contributed by atoms with Crippen LogP contribution in [0.1, 0.15) is 16.1 Å². The standard InChI is InChI=1S/C15H14ClF3N4O2/c1-25-5-4-20-14(24)12-7-13(22-8-21-12)23-11-6-9(15(17,18)19)2-3-10(11)16/h2-3,6-8H,4-5H2,1H3,(H,20,24)(H,21,22,23). The van der Waals surface area contributed by atoms with Crippen LogP contribution >= 0.6 is 11.6 Å². The lowest BCUT2D eigenvalue weighted by Gasteiger charge is -2.12. The predicted molar refractivity (Wildman–Crippen MR) is 86.0 cm³/mol. The molecule has 0 unspecified atom stereocenters. The number of benzene rings is 1. The maximum Gasteiger partial charge on any atom is 0.416 e. The SMILES string of the molecule is COCCNC(=O)c1cc(Nc2cc(C(F)(F)F)ccc2Cl)ncn1. The smallest absolute Gasteiger partial charge is 0.383 e. The fourth-order valence-corrected chi connectivity index (χ4v) is 2.01. The second-order valence-corrected chi connectivity index (χ2v) is 5.26. The molecule has 1 aromatic heterocycles. The minimum Gasteiger partial charge on any atom is -0.383 e. The third-order valence-corrected chi connectivity index (χ3v) is 3.38. The summed E-state index contributed by atoms with van der Waals surface area (Å²) in [5.41, 5.74) is -0.788. The fourth-order valence-electron chi connectivity index (χ4n) is 1.84. The highest BCUT2D eigenvalue weighted by atomic mass is 35.5. The molecule has 0 aliphatic carbocycles. The lowest BCUT2D eigenvalue weighted by molar-refractivity contribution is -0.137. The van der Waals surface area contributed by atoms with Gasteiger partial charge in [0.05, 0.1) is 22.9 Å². The molecule has 25 heavy (non-hydrogen) atoms. The number of nitrogens with one attached hydrogen (secondary N) is 2. The Morgan fingerprint density at radius 3 is 2.72 bits per heavy atom. The van der Waals surface area contributed by atoms with E-state index in [9.17, 15) is 18.0 Å². The van der Waals surface area contributed by atoms with Crippen molar-refractivity contribution < 1.29 is 22.7 Å². The summed E-state index contributed by atoms with van der Waals surface area (Å²) in [5, 5.41) is 5.32. The van der Waals surface area contributed by atoms with E-state index >= 15 is 0 Å². The van der Waals surface area contributed by atoms with Crippen LogP contribution in [0.15, 0.2) is 30.6 Å². The lowest BCUT2D eigenvalue weighted by Crippen LogP contribution is -2.27. The van der Waals surface area contributed by atoms with Crippen molar-refractivity contribution in [3.8, 4) is 0 Å². The molecule has 2 N–H and O–H groups in total. The van der Waals surface area contributed by atoms with Gasteiger partial charge in [-0.1, -0.05) is 11.6 Å². The Morgan fingerprint density at radius 2 is 2.04 bits per heavy atom. The minimum absolute atomic E-state index is 0.0148. The number of rotatable bonds is 6. The summed E-state index contributed by atoms with van der Waals surface area (Å²) in [5.74, 6) is -0.328. The number of nitrogens with zero attached hydrogens (tertiary/aromatic N) is 2. The van der Waals surface area contributed by atoms with Crippen molar-refractivity contribution in [3.05, 3.63) is 46.9 Å². The molecule has 0 spiro atoms. The molecule has 6 nitrogen and oxygen atoms in total. The molecule has 0 fully saturated rings. The Bertz CT molecular complexity index is 756. The van der Waals surface area contributed by atoms with Gasteiger partial charge in [0, 0.05) is 19.7 Å². The Kier molecular flexibility index (Phi) is 6.16. The predicted octanol–water partition coefficient (Wildman–Crippen LogP) is 3.27. The summed E-state index contributed by atoms with van der Waals surface area (Å²) < 4.78 is 43.2. The van der Waals surface area contributed by atoms with E-state index in [2.05, 4.69) is 20.6 Å². The van der Waals surface area contributed by atoms with E-state index in [0.717, 1.165) is 24.5 Å². The molecule has 2 rings (SSSR count). The monoisotopic (exact) mass is 374 g/mol. The van der Waals surface area contributed by atoms with Gasteiger partial charge in [0.2, 0.25) is 0 Å². The molecule has 0 aliphatic heterocycles. The zero-order chi connectivity index (χ0) is 18.4. The van der Waals surface area contributed by atoms with Crippen molar-refractivity contribution in [2.75, 3.05) is 25.6 Å². The number of carbonyl (C=O) groups excluding carboxylic acids is 1. The molecule has 0 atom stereocenters. The van der Waals surface area contributed by atoms with Gasteiger partial charge >= 0.3 is 6.18 Å². The number of halogens is 4. The summed E-state index contributed by atoms with van der Waals surface area (Å²) in [6.45, 7) is 0.628. The van der Waals surface area contributed by atoms with Gasteiger partial charge in [0.25, 0.3) is 5.91 Å². The normalized spacial score (nSPS) is 11.2. The summed E-state index contributed by atoms with van der Waals surface area (Å²) in [4.78, 5) is 19.6. The van der Waals surface area contributed by atoms with Crippen molar-refractivity contribution >= 4 is 29.0 Å². The first-order chi connectivity index (χ1) is 11.8. The van der Waals surface area contributed by atoms with Crippen molar-refractivity contribution in [3.63, 3.8) is 0 Å². The van der Waals surface area contributed by atoms with Crippen molar-refractivity contribution in [1.29, 1.82) is 0 Å². The molecular weight excluding hydrogens is 361 g/mol. The Balaban J connectivity index is 2.18. The maximum atomic E-state index is 12.8. The maximum absolute atomic E-state index is 12.8. The molecule has 1 heterocycles. The fraction of sp³-hybridized carbons (Fsp3) is 0.267. The average molecular weight is 375 g/mol. The first kappa shape index (κ1) is 18.9. The highest BCUT2D eigenvalue weighted by molar-refractivity contribution is 6.33. The lowest BCUT2D eigenvalue weighted by atomic mass is 10.2. The van der Waals surface area contributed by atoms with Gasteiger partial charge in [-0.25, -0.2) is 9.97 Å². The highest BCUT2D eigenvalue weighted by Gasteiger charge is 2.31. The molecule has 2 aromatic rings. The van der Waals surface area contributed by atoms with Crippen molar-refractivity contribution in [2.24, 2.45) is 0 Å². The largest absolute Gasteiger partial charge is 0.416 e. The van der Waals surface area contributed by atoms with Gasteiger partial charge in [-0.3, -0.25) is 4.79 Å². The van der Waals surface area contributed by atoms with Crippen molar-refractivity contribution in [2.45, 2.75) is 6.18 Å². The molecule has 0 saturated heterocycles. The topological polar surface area (TPSA) is 76.1 Å². The van der Waals surface area contributed by atoms with Crippen LogP contribution in [0.3, 0.4) is 0 Å². The molecule has 10 heteroatoms. The van der Waals surface area contributed by atoms with E-state index < -0.39 is 17.6 Å². The van der Waals surface area contributed by atoms with Crippen LogP contribution in [0.4, 0.5) is 24.7 Å².